The zero-order valence-corrected chi connectivity index (χ0v) is 12.1. The van der Waals surface area contributed by atoms with Gasteiger partial charge in [-0.05, 0) is 43.5 Å². The second kappa shape index (κ2) is 5.15. The number of hydrogen-bond acceptors (Lipinski definition) is 2. The first kappa shape index (κ1) is 13.2. The fourth-order valence-corrected chi connectivity index (χ4v) is 2.62. The highest BCUT2D eigenvalue weighted by Crippen LogP contribution is 2.34. The lowest BCUT2D eigenvalue weighted by Crippen LogP contribution is -2.06. The zero-order chi connectivity index (χ0) is 13.3. The van der Waals surface area contributed by atoms with Gasteiger partial charge in [0.05, 0.1) is 5.52 Å². The van der Waals surface area contributed by atoms with Gasteiger partial charge in [0.1, 0.15) is 0 Å². The van der Waals surface area contributed by atoms with Crippen LogP contribution in [0.1, 0.15) is 37.9 Å². The summed E-state index contributed by atoms with van der Waals surface area (Å²) in [6.07, 6.45) is 0. The van der Waals surface area contributed by atoms with Gasteiger partial charge < -0.3 is 5.32 Å². The quantitative estimate of drug-likeness (QED) is 0.863. The summed E-state index contributed by atoms with van der Waals surface area (Å²) in [6.45, 7) is 9.47. The van der Waals surface area contributed by atoms with Gasteiger partial charge in [-0.25, -0.2) is 0 Å². The molecule has 0 aliphatic rings. The molecular weight excluding hydrogens is 244 g/mol. The highest BCUT2D eigenvalue weighted by molar-refractivity contribution is 6.31. The molecule has 0 radical (unpaired) electrons. The fraction of sp³-hybridized carbons (Fsp3) is 0.400. The monoisotopic (exact) mass is 262 g/mol. The lowest BCUT2D eigenvalue weighted by atomic mass is 9.96. The van der Waals surface area contributed by atoms with Crippen LogP contribution in [-0.4, -0.2) is 11.5 Å². The molecule has 1 heterocycles. The first-order valence-corrected chi connectivity index (χ1v) is 6.76. The van der Waals surface area contributed by atoms with E-state index in [0.717, 1.165) is 28.2 Å². The van der Waals surface area contributed by atoms with Crippen LogP contribution in [0.4, 0.5) is 5.69 Å². The van der Waals surface area contributed by atoms with Gasteiger partial charge in [0.2, 0.25) is 0 Å². The van der Waals surface area contributed by atoms with E-state index in [0.29, 0.717) is 5.92 Å². The molecule has 0 atom stereocenters. The maximum Gasteiger partial charge on any atom is 0.0727 e. The summed E-state index contributed by atoms with van der Waals surface area (Å²) < 4.78 is 0. The van der Waals surface area contributed by atoms with E-state index in [2.05, 4.69) is 38.0 Å². The van der Waals surface area contributed by atoms with Crippen LogP contribution in [0.5, 0.6) is 0 Å². The molecule has 1 aromatic heterocycles. The average molecular weight is 263 g/mol. The van der Waals surface area contributed by atoms with Crippen molar-refractivity contribution < 1.29 is 0 Å². The number of halogens is 1. The topological polar surface area (TPSA) is 24.9 Å². The molecule has 96 valence electrons. The summed E-state index contributed by atoms with van der Waals surface area (Å²) >= 11 is 6.11. The van der Waals surface area contributed by atoms with E-state index in [-0.39, 0.29) is 0 Å². The molecule has 0 saturated heterocycles. The molecule has 0 aliphatic heterocycles. The van der Waals surface area contributed by atoms with E-state index < -0.39 is 0 Å². The Bertz CT molecular complexity index is 576. The Balaban J connectivity index is 2.82. The molecule has 2 aromatic rings. The van der Waals surface area contributed by atoms with Gasteiger partial charge in [-0.3, -0.25) is 4.98 Å². The first-order chi connectivity index (χ1) is 8.54. The SMILES string of the molecule is CCNc1c(C(C)C)c(C)nc2ccc(Cl)cc12. The Kier molecular flexibility index (Phi) is 3.76. The van der Waals surface area contributed by atoms with Crippen molar-refractivity contribution in [2.24, 2.45) is 0 Å². The van der Waals surface area contributed by atoms with Crippen molar-refractivity contribution in [3.8, 4) is 0 Å². The van der Waals surface area contributed by atoms with Gasteiger partial charge in [0.25, 0.3) is 0 Å². The molecule has 0 aliphatic carbocycles. The molecule has 0 amide bonds. The highest BCUT2D eigenvalue weighted by atomic mass is 35.5. The summed E-state index contributed by atoms with van der Waals surface area (Å²) in [6, 6.07) is 5.86. The predicted molar refractivity (Wildman–Crippen MR) is 79.7 cm³/mol. The largest absolute Gasteiger partial charge is 0.384 e. The number of rotatable bonds is 3. The molecule has 0 bridgehead atoms. The van der Waals surface area contributed by atoms with Gasteiger partial charge in [-0.15, -0.1) is 0 Å². The molecule has 1 N–H and O–H groups in total. The van der Waals surface area contributed by atoms with Crippen LogP contribution in [-0.2, 0) is 0 Å². The third-order valence-corrected chi connectivity index (χ3v) is 3.34. The number of aryl methyl sites for hydroxylation is 1. The predicted octanol–water partition coefficient (Wildman–Crippen LogP) is 4.75. The van der Waals surface area contributed by atoms with Crippen molar-refractivity contribution in [3.63, 3.8) is 0 Å². The fourth-order valence-electron chi connectivity index (χ4n) is 2.45. The smallest absolute Gasteiger partial charge is 0.0727 e. The van der Waals surface area contributed by atoms with Crippen LogP contribution >= 0.6 is 11.6 Å². The van der Waals surface area contributed by atoms with Crippen molar-refractivity contribution in [1.29, 1.82) is 0 Å². The van der Waals surface area contributed by atoms with Crippen LogP contribution in [0.25, 0.3) is 10.9 Å². The number of nitrogens with one attached hydrogen (secondary N) is 1. The molecule has 1 aromatic carbocycles. The summed E-state index contributed by atoms with van der Waals surface area (Å²) in [5.74, 6) is 0.440. The Hall–Kier alpha value is -1.28. The Morgan fingerprint density at radius 3 is 2.67 bits per heavy atom. The van der Waals surface area contributed by atoms with E-state index in [4.69, 9.17) is 11.6 Å². The number of anilines is 1. The van der Waals surface area contributed by atoms with Crippen LogP contribution < -0.4 is 5.32 Å². The lowest BCUT2D eigenvalue weighted by Gasteiger charge is -2.19. The number of fused-ring (bicyclic) bond motifs is 1. The molecule has 2 rings (SSSR count). The zero-order valence-electron chi connectivity index (χ0n) is 11.3. The van der Waals surface area contributed by atoms with Gasteiger partial charge >= 0.3 is 0 Å². The van der Waals surface area contributed by atoms with E-state index in [1.165, 1.54) is 11.3 Å². The minimum atomic E-state index is 0.440. The summed E-state index contributed by atoms with van der Waals surface area (Å²) in [7, 11) is 0. The third kappa shape index (κ3) is 2.30. The molecule has 18 heavy (non-hydrogen) atoms. The number of hydrogen-bond donors (Lipinski definition) is 1. The maximum absolute atomic E-state index is 6.11. The van der Waals surface area contributed by atoms with Crippen molar-refractivity contribution in [3.05, 3.63) is 34.5 Å². The maximum atomic E-state index is 6.11. The van der Waals surface area contributed by atoms with Crippen molar-refractivity contribution in [2.45, 2.75) is 33.6 Å². The molecule has 3 heteroatoms. The Morgan fingerprint density at radius 2 is 2.06 bits per heavy atom. The summed E-state index contributed by atoms with van der Waals surface area (Å²) in [5, 5.41) is 5.33. The molecule has 2 nitrogen and oxygen atoms in total. The number of pyridine rings is 1. The number of benzene rings is 1. The van der Waals surface area contributed by atoms with Crippen LogP contribution in [0, 0.1) is 6.92 Å². The first-order valence-electron chi connectivity index (χ1n) is 6.38. The molecule has 0 unspecified atom stereocenters. The van der Waals surface area contributed by atoms with E-state index >= 15 is 0 Å². The van der Waals surface area contributed by atoms with Gasteiger partial charge in [0.15, 0.2) is 0 Å². The minimum absolute atomic E-state index is 0.440. The highest BCUT2D eigenvalue weighted by Gasteiger charge is 2.15. The molecule has 0 saturated carbocycles. The molecular formula is C15H19ClN2. The Labute approximate surface area is 113 Å². The number of nitrogens with zero attached hydrogens (tertiary/aromatic N) is 1. The Morgan fingerprint density at radius 1 is 1.33 bits per heavy atom. The summed E-state index contributed by atoms with van der Waals surface area (Å²) in [5.41, 5.74) is 4.55. The van der Waals surface area contributed by atoms with Crippen LogP contribution in [0.2, 0.25) is 5.02 Å². The standard InChI is InChI=1S/C15H19ClN2/c1-5-17-15-12-8-11(16)6-7-13(12)18-10(4)14(15)9(2)3/h6-9H,5H2,1-4H3,(H,17,18). The lowest BCUT2D eigenvalue weighted by molar-refractivity contribution is 0.848. The molecule has 0 fully saturated rings. The second-order valence-electron chi connectivity index (χ2n) is 4.83. The summed E-state index contributed by atoms with van der Waals surface area (Å²) in [4.78, 5) is 4.68. The van der Waals surface area contributed by atoms with Crippen molar-refractivity contribution in [2.75, 3.05) is 11.9 Å². The number of aromatic nitrogens is 1. The van der Waals surface area contributed by atoms with Gasteiger partial charge in [-0.1, -0.05) is 25.4 Å². The second-order valence-corrected chi connectivity index (χ2v) is 5.27. The van der Waals surface area contributed by atoms with Gasteiger partial charge in [-0.2, -0.15) is 0 Å². The normalized spacial score (nSPS) is 11.2. The van der Waals surface area contributed by atoms with Crippen LogP contribution in [0.3, 0.4) is 0 Å². The van der Waals surface area contributed by atoms with Gasteiger partial charge in [0, 0.05) is 28.3 Å². The van der Waals surface area contributed by atoms with Crippen molar-refractivity contribution in [1.82, 2.24) is 4.98 Å². The van der Waals surface area contributed by atoms with E-state index in [1.54, 1.807) is 0 Å². The minimum Gasteiger partial charge on any atom is -0.384 e. The molecule has 0 spiro atoms. The average Bonchev–Trinajstić information content (AvgIpc) is 2.30. The third-order valence-electron chi connectivity index (χ3n) is 3.11. The van der Waals surface area contributed by atoms with E-state index in [1.807, 2.05) is 18.2 Å². The van der Waals surface area contributed by atoms with E-state index in [9.17, 15) is 0 Å². The van der Waals surface area contributed by atoms with Crippen molar-refractivity contribution >= 4 is 28.2 Å². The van der Waals surface area contributed by atoms with Crippen LogP contribution in [0.15, 0.2) is 18.2 Å².